The molecule has 0 saturated carbocycles. The molecule has 0 bridgehead atoms. The number of ether oxygens (including phenoxy) is 2. The molecule has 9 nitrogen and oxygen atoms in total. The number of para-hydroxylation sites is 1. The van der Waals surface area contributed by atoms with Crippen LogP contribution < -0.4 is 14.8 Å². The van der Waals surface area contributed by atoms with Crippen LogP contribution in [0.25, 0.3) is 5.69 Å². The van der Waals surface area contributed by atoms with E-state index in [2.05, 4.69) is 20.8 Å². The van der Waals surface area contributed by atoms with Crippen molar-refractivity contribution in [2.24, 2.45) is 0 Å². The van der Waals surface area contributed by atoms with E-state index in [1.807, 2.05) is 42.5 Å². The Hall–Kier alpha value is -4.11. The minimum atomic E-state index is -1.08. The van der Waals surface area contributed by atoms with Gasteiger partial charge in [-0.1, -0.05) is 41.0 Å². The quantitative estimate of drug-likeness (QED) is 0.404. The summed E-state index contributed by atoms with van der Waals surface area (Å²) in [5.74, 6) is -0.142. The number of halogens is 1. The first-order valence-electron chi connectivity index (χ1n) is 9.50. The number of carboxylic acids is 1. The molecule has 10 heteroatoms. The highest BCUT2D eigenvalue weighted by Gasteiger charge is 2.14. The van der Waals surface area contributed by atoms with Crippen molar-refractivity contribution in [2.45, 2.75) is 6.54 Å². The zero-order chi connectivity index (χ0) is 22.5. The number of nitrogens with one attached hydrogen (secondary N) is 1. The summed E-state index contributed by atoms with van der Waals surface area (Å²) in [4.78, 5) is 11.3. The highest BCUT2D eigenvalue weighted by molar-refractivity contribution is 6.33. The normalized spacial score (nSPS) is 10.6. The van der Waals surface area contributed by atoms with Crippen molar-refractivity contribution in [3.8, 4) is 23.2 Å². The molecule has 4 aromatic rings. The van der Waals surface area contributed by atoms with Crippen LogP contribution in [0.2, 0.25) is 5.02 Å². The lowest BCUT2D eigenvalue weighted by Gasteiger charge is -2.13. The Morgan fingerprint density at radius 1 is 1.09 bits per heavy atom. The second-order valence-electron chi connectivity index (χ2n) is 6.65. The van der Waals surface area contributed by atoms with E-state index in [1.165, 1.54) is 17.9 Å². The second kappa shape index (κ2) is 9.36. The Morgan fingerprint density at radius 3 is 2.66 bits per heavy atom. The molecule has 0 radical (unpaired) electrons. The molecule has 0 atom stereocenters. The number of carbonyl (C=O) groups is 1. The number of tetrazole rings is 1. The summed E-state index contributed by atoms with van der Waals surface area (Å²) in [6, 6.07) is 19.7. The maximum Gasteiger partial charge on any atom is 0.346 e. The number of aromatic carboxylic acids is 1. The minimum absolute atomic E-state index is 0.0362. The summed E-state index contributed by atoms with van der Waals surface area (Å²) in [6.07, 6.45) is 0. The summed E-state index contributed by atoms with van der Waals surface area (Å²) >= 11 is 5.92. The highest BCUT2D eigenvalue weighted by atomic mass is 35.5. The Kier molecular flexibility index (Phi) is 6.18. The number of benzene rings is 3. The van der Waals surface area contributed by atoms with Crippen LogP contribution in [0, 0.1) is 0 Å². The summed E-state index contributed by atoms with van der Waals surface area (Å²) < 4.78 is 12.9. The van der Waals surface area contributed by atoms with Crippen LogP contribution in [0.15, 0.2) is 66.7 Å². The van der Waals surface area contributed by atoms with Gasteiger partial charge in [-0.25, -0.2) is 4.79 Å². The number of anilines is 1. The van der Waals surface area contributed by atoms with Crippen LogP contribution in [0.5, 0.6) is 17.5 Å². The van der Waals surface area contributed by atoms with E-state index in [0.29, 0.717) is 23.7 Å². The summed E-state index contributed by atoms with van der Waals surface area (Å²) in [7, 11) is 1.54. The van der Waals surface area contributed by atoms with E-state index in [1.54, 1.807) is 18.2 Å². The topological polar surface area (TPSA) is 111 Å². The number of nitrogens with zero attached hydrogens (tertiary/aromatic N) is 4. The van der Waals surface area contributed by atoms with Crippen molar-refractivity contribution in [2.75, 3.05) is 12.4 Å². The number of hydrogen-bond acceptors (Lipinski definition) is 7. The van der Waals surface area contributed by atoms with Gasteiger partial charge in [0.15, 0.2) is 11.5 Å². The van der Waals surface area contributed by atoms with E-state index < -0.39 is 5.97 Å². The monoisotopic (exact) mass is 451 g/mol. The third kappa shape index (κ3) is 4.62. The summed E-state index contributed by atoms with van der Waals surface area (Å²) in [5, 5.41) is 24.2. The van der Waals surface area contributed by atoms with Gasteiger partial charge in [-0.05, 0) is 58.5 Å². The van der Waals surface area contributed by atoms with Gasteiger partial charge in [0.2, 0.25) is 0 Å². The van der Waals surface area contributed by atoms with Crippen LogP contribution in [0.3, 0.4) is 0 Å². The molecule has 0 spiro atoms. The van der Waals surface area contributed by atoms with Gasteiger partial charge >= 0.3 is 12.0 Å². The van der Waals surface area contributed by atoms with E-state index in [0.717, 1.165) is 11.3 Å². The Morgan fingerprint density at radius 2 is 1.91 bits per heavy atom. The van der Waals surface area contributed by atoms with Crippen LogP contribution in [-0.4, -0.2) is 38.4 Å². The molecule has 0 fully saturated rings. The fourth-order valence-corrected chi connectivity index (χ4v) is 3.18. The van der Waals surface area contributed by atoms with Crippen molar-refractivity contribution < 1.29 is 19.4 Å². The molecule has 162 valence electrons. The Balaban J connectivity index is 1.50. The van der Waals surface area contributed by atoms with Crippen LogP contribution in [-0.2, 0) is 6.54 Å². The van der Waals surface area contributed by atoms with Crippen molar-refractivity contribution >= 4 is 23.3 Å². The molecule has 0 aliphatic rings. The molecular formula is C22H18ClN5O4. The van der Waals surface area contributed by atoms with Gasteiger partial charge in [0.25, 0.3) is 0 Å². The number of carboxylic acid groups (broad SMARTS) is 1. The largest absolute Gasteiger partial charge is 0.493 e. The molecule has 0 aliphatic carbocycles. The van der Waals surface area contributed by atoms with Crippen molar-refractivity contribution in [1.29, 1.82) is 0 Å². The summed E-state index contributed by atoms with van der Waals surface area (Å²) in [6.45, 7) is 0.430. The first kappa shape index (κ1) is 21.1. The van der Waals surface area contributed by atoms with Gasteiger partial charge in [-0.3, -0.25) is 0 Å². The number of methoxy groups -OCH3 is 1. The lowest BCUT2D eigenvalue weighted by Crippen LogP contribution is -2.04. The zero-order valence-corrected chi connectivity index (χ0v) is 17.7. The predicted molar refractivity (Wildman–Crippen MR) is 118 cm³/mol. The van der Waals surface area contributed by atoms with Crippen molar-refractivity contribution in [3.05, 3.63) is 82.9 Å². The zero-order valence-electron chi connectivity index (χ0n) is 16.9. The van der Waals surface area contributed by atoms with Gasteiger partial charge in [-0.2, -0.15) is 4.68 Å². The van der Waals surface area contributed by atoms with Gasteiger partial charge in [-0.15, -0.1) is 0 Å². The molecule has 32 heavy (non-hydrogen) atoms. The molecular weight excluding hydrogens is 434 g/mol. The average Bonchev–Trinajstić information content (AvgIpc) is 3.27. The maximum atomic E-state index is 11.3. The average molecular weight is 452 g/mol. The van der Waals surface area contributed by atoms with Crippen molar-refractivity contribution in [1.82, 2.24) is 20.2 Å². The molecule has 2 N–H and O–H groups in total. The first-order chi connectivity index (χ1) is 15.5. The van der Waals surface area contributed by atoms with Crippen LogP contribution >= 0.6 is 11.6 Å². The van der Waals surface area contributed by atoms with Gasteiger partial charge in [0.05, 0.1) is 23.4 Å². The Labute approximate surface area is 188 Å². The van der Waals surface area contributed by atoms with Crippen molar-refractivity contribution in [3.63, 3.8) is 0 Å². The van der Waals surface area contributed by atoms with Crippen LogP contribution in [0.4, 0.5) is 5.69 Å². The number of aromatic nitrogens is 4. The summed E-state index contributed by atoms with van der Waals surface area (Å²) in [5.41, 5.74) is 2.32. The fourth-order valence-electron chi connectivity index (χ4n) is 2.98. The van der Waals surface area contributed by atoms with E-state index in [-0.39, 0.29) is 16.6 Å². The molecule has 0 unspecified atom stereocenters. The maximum absolute atomic E-state index is 11.3. The van der Waals surface area contributed by atoms with Gasteiger partial charge in [0.1, 0.15) is 0 Å². The van der Waals surface area contributed by atoms with Gasteiger partial charge < -0.3 is 19.9 Å². The first-order valence-corrected chi connectivity index (χ1v) is 9.88. The number of rotatable bonds is 8. The van der Waals surface area contributed by atoms with Gasteiger partial charge in [0, 0.05) is 12.2 Å². The standard InChI is InChI=1S/C22H18ClN5O4/c1-31-20-11-14(13-24-15-8-9-18(23)17(12-15)21(29)30)7-10-19(20)32-22-25-26-27-28(22)16-5-3-2-4-6-16/h2-12,24H,13H2,1H3,(H,29,30). The molecule has 1 aromatic heterocycles. The predicted octanol–water partition coefficient (Wildman–Crippen LogP) is 4.43. The second-order valence-corrected chi connectivity index (χ2v) is 7.06. The molecule has 0 saturated heterocycles. The minimum Gasteiger partial charge on any atom is -0.493 e. The highest BCUT2D eigenvalue weighted by Crippen LogP contribution is 2.32. The third-order valence-electron chi connectivity index (χ3n) is 4.56. The SMILES string of the molecule is COc1cc(CNc2ccc(Cl)c(C(=O)O)c2)ccc1Oc1nnnn1-c1ccccc1. The molecule has 1 heterocycles. The lowest BCUT2D eigenvalue weighted by molar-refractivity contribution is 0.0697. The lowest BCUT2D eigenvalue weighted by atomic mass is 10.1. The fraction of sp³-hybridized carbons (Fsp3) is 0.0909. The molecule has 0 aliphatic heterocycles. The molecule has 0 amide bonds. The molecule has 3 aromatic carbocycles. The van der Waals surface area contributed by atoms with E-state index in [4.69, 9.17) is 21.1 Å². The Bertz CT molecular complexity index is 1250. The molecule has 4 rings (SSSR count). The van der Waals surface area contributed by atoms with E-state index in [9.17, 15) is 9.90 Å². The van der Waals surface area contributed by atoms with Crippen LogP contribution in [0.1, 0.15) is 15.9 Å². The third-order valence-corrected chi connectivity index (χ3v) is 4.89. The smallest absolute Gasteiger partial charge is 0.346 e. The van der Waals surface area contributed by atoms with E-state index >= 15 is 0 Å². The number of hydrogen-bond donors (Lipinski definition) is 2.